The lowest BCUT2D eigenvalue weighted by atomic mass is 10.2. The molecule has 0 aliphatic carbocycles. The molecule has 1 aromatic heterocycles. The Morgan fingerprint density at radius 2 is 1.93 bits per heavy atom. The number of sulfonamides is 1. The van der Waals surface area contributed by atoms with Gasteiger partial charge in [-0.05, 0) is 43.7 Å². The van der Waals surface area contributed by atoms with E-state index in [1.54, 1.807) is 24.5 Å². The Hall–Kier alpha value is -1.88. The van der Waals surface area contributed by atoms with E-state index in [1.165, 1.54) is 16.1 Å². The van der Waals surface area contributed by atoms with Gasteiger partial charge in [0.1, 0.15) is 16.5 Å². The van der Waals surface area contributed by atoms with Crippen LogP contribution in [0.5, 0.6) is 0 Å². The molecule has 2 heterocycles. The van der Waals surface area contributed by atoms with Gasteiger partial charge in [0.2, 0.25) is 10.0 Å². The highest BCUT2D eigenvalue weighted by molar-refractivity contribution is 7.98. The number of hydrogen-bond acceptors (Lipinski definition) is 7. The molecule has 2 aromatic rings. The minimum Gasteiger partial charge on any atom is -0.365 e. The third-order valence-electron chi connectivity index (χ3n) is 4.69. The fraction of sp³-hybridized carbons (Fsp3) is 0.389. The second kappa shape index (κ2) is 8.86. The molecule has 3 rings (SSSR count). The summed E-state index contributed by atoms with van der Waals surface area (Å²) in [6.45, 7) is 2.86. The van der Waals surface area contributed by atoms with Crippen molar-refractivity contribution < 1.29 is 13.2 Å². The zero-order valence-electron chi connectivity index (χ0n) is 16.1. The quantitative estimate of drug-likeness (QED) is 0.390. The van der Waals surface area contributed by atoms with Crippen LogP contribution in [-0.2, 0) is 10.0 Å². The van der Waals surface area contributed by atoms with E-state index >= 15 is 0 Å². The minimum atomic E-state index is -3.60. The zero-order chi connectivity index (χ0) is 21.2. The number of aryl methyl sites for hydroxylation is 1. The molecule has 1 aliphatic heterocycles. The minimum absolute atomic E-state index is 0.0480. The van der Waals surface area contributed by atoms with E-state index in [4.69, 9.17) is 17.3 Å². The van der Waals surface area contributed by atoms with E-state index in [0.717, 1.165) is 24.8 Å². The van der Waals surface area contributed by atoms with Crippen molar-refractivity contribution in [3.05, 3.63) is 34.5 Å². The molecule has 3 N–H and O–H groups in total. The number of carbonyl (C=O) groups is 1. The summed E-state index contributed by atoms with van der Waals surface area (Å²) >= 11 is 7.37. The SMILES string of the molecule is CSc1nc(Cl)c(C(N)=O)c(Nc2cc(S(=O)(=O)N3CCCCC3)ccc2C)n1. The van der Waals surface area contributed by atoms with Gasteiger partial charge in [-0.3, -0.25) is 4.79 Å². The lowest BCUT2D eigenvalue weighted by Gasteiger charge is -2.26. The van der Waals surface area contributed by atoms with Crippen molar-refractivity contribution in [2.24, 2.45) is 5.73 Å². The third kappa shape index (κ3) is 4.66. The van der Waals surface area contributed by atoms with Gasteiger partial charge in [-0.15, -0.1) is 0 Å². The fourth-order valence-corrected chi connectivity index (χ4v) is 5.31. The van der Waals surface area contributed by atoms with Gasteiger partial charge in [0, 0.05) is 18.8 Å². The van der Waals surface area contributed by atoms with Crippen molar-refractivity contribution in [3.8, 4) is 0 Å². The molecule has 0 saturated carbocycles. The third-order valence-corrected chi connectivity index (χ3v) is 7.40. The lowest BCUT2D eigenvalue weighted by molar-refractivity contribution is 0.100. The number of nitrogens with two attached hydrogens (primary N) is 1. The predicted molar refractivity (Wildman–Crippen MR) is 114 cm³/mol. The second-order valence-electron chi connectivity index (χ2n) is 6.66. The Balaban J connectivity index is 2.02. The molecule has 0 unspecified atom stereocenters. The van der Waals surface area contributed by atoms with E-state index < -0.39 is 15.9 Å². The Bertz CT molecular complexity index is 1040. The number of nitrogens with zero attached hydrogens (tertiary/aromatic N) is 3. The molecule has 1 aliphatic rings. The van der Waals surface area contributed by atoms with Crippen LogP contribution < -0.4 is 11.1 Å². The van der Waals surface area contributed by atoms with E-state index in [-0.39, 0.29) is 21.4 Å². The molecule has 8 nitrogen and oxygen atoms in total. The van der Waals surface area contributed by atoms with E-state index in [2.05, 4.69) is 15.3 Å². The van der Waals surface area contributed by atoms with Gasteiger partial charge in [-0.2, -0.15) is 4.31 Å². The summed E-state index contributed by atoms with van der Waals surface area (Å²) in [6, 6.07) is 4.83. The van der Waals surface area contributed by atoms with Crippen LogP contribution in [0.2, 0.25) is 5.15 Å². The van der Waals surface area contributed by atoms with Gasteiger partial charge in [0.25, 0.3) is 5.91 Å². The molecular weight excluding hydrogens is 434 g/mol. The first kappa shape index (κ1) is 21.8. The predicted octanol–water partition coefficient (Wildman–Crippen LogP) is 3.18. The van der Waals surface area contributed by atoms with E-state index in [1.807, 2.05) is 6.92 Å². The molecule has 0 bridgehead atoms. The van der Waals surface area contributed by atoms with Crippen LogP contribution in [0.4, 0.5) is 11.5 Å². The Morgan fingerprint density at radius 1 is 1.24 bits per heavy atom. The number of halogens is 1. The molecule has 1 aromatic carbocycles. The maximum atomic E-state index is 13.0. The van der Waals surface area contributed by atoms with E-state index in [0.29, 0.717) is 23.9 Å². The van der Waals surface area contributed by atoms with E-state index in [9.17, 15) is 13.2 Å². The largest absolute Gasteiger partial charge is 0.365 e. The van der Waals surface area contributed by atoms with Gasteiger partial charge >= 0.3 is 0 Å². The molecule has 11 heteroatoms. The summed E-state index contributed by atoms with van der Waals surface area (Å²) in [4.78, 5) is 20.4. The van der Waals surface area contributed by atoms with Crippen molar-refractivity contribution in [2.75, 3.05) is 24.7 Å². The number of benzene rings is 1. The summed E-state index contributed by atoms with van der Waals surface area (Å²) in [5, 5.41) is 3.32. The summed E-state index contributed by atoms with van der Waals surface area (Å²) in [5.74, 6) is -0.641. The van der Waals surface area contributed by atoms with Crippen LogP contribution in [0.25, 0.3) is 0 Å². The number of carbonyl (C=O) groups excluding carboxylic acids is 1. The van der Waals surface area contributed by atoms with Crippen LogP contribution in [0.3, 0.4) is 0 Å². The number of anilines is 2. The van der Waals surface area contributed by atoms with Gasteiger partial charge in [-0.25, -0.2) is 18.4 Å². The van der Waals surface area contributed by atoms with Gasteiger partial charge < -0.3 is 11.1 Å². The molecule has 0 radical (unpaired) electrons. The van der Waals surface area contributed by atoms with Gasteiger partial charge in [0.05, 0.1) is 4.90 Å². The van der Waals surface area contributed by atoms with Crippen LogP contribution >= 0.6 is 23.4 Å². The highest BCUT2D eigenvalue weighted by atomic mass is 35.5. The normalized spacial score (nSPS) is 15.3. The molecule has 1 fully saturated rings. The molecule has 29 heavy (non-hydrogen) atoms. The van der Waals surface area contributed by atoms with Gasteiger partial charge in [0.15, 0.2) is 5.16 Å². The van der Waals surface area contributed by atoms with Crippen molar-refractivity contribution >= 4 is 50.8 Å². The first-order chi connectivity index (χ1) is 13.7. The number of primary amides is 1. The number of rotatable bonds is 6. The van der Waals surface area contributed by atoms with Crippen molar-refractivity contribution in [2.45, 2.75) is 36.2 Å². The summed E-state index contributed by atoms with van der Waals surface area (Å²) in [6.07, 6.45) is 4.52. The van der Waals surface area contributed by atoms with Crippen LogP contribution in [-0.4, -0.2) is 47.9 Å². The number of nitrogens with one attached hydrogen (secondary N) is 1. The number of hydrogen-bond donors (Lipinski definition) is 2. The average Bonchev–Trinajstić information content (AvgIpc) is 2.69. The van der Waals surface area contributed by atoms with Crippen molar-refractivity contribution in [1.29, 1.82) is 0 Å². The number of aromatic nitrogens is 2. The number of piperidine rings is 1. The molecule has 0 atom stereocenters. The van der Waals surface area contributed by atoms with Crippen LogP contribution in [0.15, 0.2) is 28.3 Å². The smallest absolute Gasteiger partial charge is 0.255 e. The Kier molecular flexibility index (Phi) is 6.67. The molecule has 1 amide bonds. The number of thioether (sulfide) groups is 1. The Labute approximate surface area is 179 Å². The molecule has 1 saturated heterocycles. The highest BCUT2D eigenvalue weighted by Gasteiger charge is 2.27. The van der Waals surface area contributed by atoms with Crippen LogP contribution in [0.1, 0.15) is 35.2 Å². The first-order valence-electron chi connectivity index (χ1n) is 9.03. The summed E-state index contributed by atoms with van der Waals surface area (Å²) in [5.41, 5.74) is 6.66. The Morgan fingerprint density at radius 3 is 2.55 bits per heavy atom. The first-order valence-corrected chi connectivity index (χ1v) is 12.1. The second-order valence-corrected chi connectivity index (χ2v) is 9.72. The lowest BCUT2D eigenvalue weighted by Crippen LogP contribution is -2.35. The standard InChI is InChI=1S/C18H22ClN5O3S2/c1-11-6-7-12(29(26,27)24-8-4-3-5-9-24)10-13(11)21-17-14(16(20)25)15(19)22-18(23-17)28-2/h6-7,10H,3-5,8-9H2,1-2H3,(H2,20,25)(H,21,22,23). The summed E-state index contributed by atoms with van der Waals surface area (Å²) < 4.78 is 27.5. The molecule has 0 spiro atoms. The fourth-order valence-electron chi connectivity index (χ4n) is 3.09. The monoisotopic (exact) mass is 455 g/mol. The van der Waals surface area contributed by atoms with Crippen molar-refractivity contribution in [1.82, 2.24) is 14.3 Å². The maximum Gasteiger partial charge on any atom is 0.255 e. The summed E-state index contributed by atoms with van der Waals surface area (Å²) in [7, 11) is -3.60. The average molecular weight is 456 g/mol. The highest BCUT2D eigenvalue weighted by Crippen LogP contribution is 2.30. The zero-order valence-corrected chi connectivity index (χ0v) is 18.5. The van der Waals surface area contributed by atoms with Gasteiger partial charge in [-0.1, -0.05) is 35.9 Å². The maximum absolute atomic E-state index is 13.0. The molecular formula is C18H22ClN5O3S2. The topological polar surface area (TPSA) is 118 Å². The van der Waals surface area contributed by atoms with Crippen LogP contribution in [0, 0.1) is 6.92 Å². The molecule has 156 valence electrons. The van der Waals surface area contributed by atoms with Crippen molar-refractivity contribution in [3.63, 3.8) is 0 Å². The number of amides is 1.